The maximum Gasteiger partial charge on any atom is 0.160 e. The molecule has 0 unspecified atom stereocenters. The average molecular weight is 178 g/mol. The molecule has 12 heavy (non-hydrogen) atoms. The number of rotatable bonds is 1. The Morgan fingerprint density at radius 1 is 1.58 bits per heavy atom. The van der Waals surface area contributed by atoms with E-state index in [-0.39, 0.29) is 0 Å². The number of hydrogen-bond acceptors (Lipinski definition) is 4. The highest BCUT2D eigenvalue weighted by Crippen LogP contribution is 2.24. The monoisotopic (exact) mass is 178 g/mol. The van der Waals surface area contributed by atoms with Crippen molar-refractivity contribution in [2.24, 2.45) is 0 Å². The fourth-order valence-electron chi connectivity index (χ4n) is 1.08. The van der Waals surface area contributed by atoms with Gasteiger partial charge in [-0.3, -0.25) is 4.79 Å². The number of fused-ring (bicyclic) bond motifs is 1. The number of thiophene rings is 1. The second-order valence-corrected chi connectivity index (χ2v) is 3.56. The van der Waals surface area contributed by atoms with Crippen molar-refractivity contribution in [2.45, 2.75) is 6.92 Å². The first-order valence-electron chi connectivity index (χ1n) is 3.48. The van der Waals surface area contributed by atoms with Crippen LogP contribution in [0.1, 0.15) is 15.4 Å². The Morgan fingerprint density at radius 2 is 2.42 bits per heavy atom. The van der Waals surface area contributed by atoms with Crippen LogP contribution in [0.25, 0.3) is 10.1 Å². The Hall–Kier alpha value is -1.29. The minimum atomic E-state index is 0.725. The molecule has 4 heteroatoms. The Labute approximate surface area is 73.1 Å². The molecule has 0 aliphatic carbocycles. The molecule has 0 aliphatic rings. The lowest BCUT2D eigenvalue weighted by Gasteiger charge is -1.89. The maximum absolute atomic E-state index is 10.5. The molecule has 0 spiro atoms. The first kappa shape index (κ1) is 7.36. The summed E-state index contributed by atoms with van der Waals surface area (Å²) in [5.41, 5.74) is 0.880. The summed E-state index contributed by atoms with van der Waals surface area (Å²) < 4.78 is 1.05. The number of nitrogens with zero attached hydrogens (tertiary/aromatic N) is 2. The molecule has 60 valence electrons. The van der Waals surface area contributed by atoms with Crippen LogP contribution in [0.2, 0.25) is 0 Å². The van der Waals surface area contributed by atoms with E-state index in [9.17, 15) is 4.79 Å². The molecule has 2 rings (SSSR count). The van der Waals surface area contributed by atoms with Crippen molar-refractivity contribution in [3.63, 3.8) is 0 Å². The van der Waals surface area contributed by atoms with Gasteiger partial charge in [0.25, 0.3) is 0 Å². The van der Waals surface area contributed by atoms with Gasteiger partial charge in [0, 0.05) is 5.39 Å². The summed E-state index contributed by atoms with van der Waals surface area (Å²) in [4.78, 5) is 11.2. The van der Waals surface area contributed by atoms with Gasteiger partial charge >= 0.3 is 0 Å². The third-order valence-electron chi connectivity index (χ3n) is 1.63. The quantitative estimate of drug-likeness (QED) is 0.625. The van der Waals surface area contributed by atoms with E-state index >= 15 is 0 Å². The summed E-state index contributed by atoms with van der Waals surface area (Å²) in [6, 6.07) is 1.83. The summed E-state index contributed by atoms with van der Waals surface area (Å²) in [6.45, 7) is 1.89. The summed E-state index contributed by atoms with van der Waals surface area (Å²) >= 11 is 1.45. The molecular formula is C8H6N2OS. The molecule has 0 fully saturated rings. The van der Waals surface area contributed by atoms with E-state index in [1.54, 1.807) is 6.20 Å². The van der Waals surface area contributed by atoms with Crippen molar-refractivity contribution in [3.8, 4) is 0 Å². The van der Waals surface area contributed by atoms with Crippen molar-refractivity contribution in [1.82, 2.24) is 10.2 Å². The lowest BCUT2D eigenvalue weighted by Crippen LogP contribution is -1.82. The van der Waals surface area contributed by atoms with Crippen LogP contribution in [0.15, 0.2) is 12.3 Å². The third kappa shape index (κ3) is 1.00. The molecule has 0 saturated carbocycles. The van der Waals surface area contributed by atoms with Crippen LogP contribution in [-0.2, 0) is 0 Å². The van der Waals surface area contributed by atoms with Gasteiger partial charge in [-0.2, -0.15) is 10.2 Å². The van der Waals surface area contributed by atoms with Crippen LogP contribution in [0.5, 0.6) is 0 Å². The molecular weight excluding hydrogens is 172 g/mol. The number of carbonyl (C=O) groups excluding carboxylic acids is 1. The molecule has 0 aliphatic heterocycles. The molecule has 0 N–H and O–H groups in total. The zero-order valence-corrected chi connectivity index (χ0v) is 7.26. The molecule has 0 saturated heterocycles. The van der Waals surface area contributed by atoms with Gasteiger partial charge in [0.05, 0.1) is 21.5 Å². The molecule has 2 heterocycles. The summed E-state index contributed by atoms with van der Waals surface area (Å²) in [5, 5.41) is 8.70. The highest BCUT2D eigenvalue weighted by atomic mass is 32.1. The predicted octanol–water partition coefficient (Wildman–Crippen LogP) is 1.81. The summed E-state index contributed by atoms with van der Waals surface area (Å²) in [7, 11) is 0. The van der Waals surface area contributed by atoms with Gasteiger partial charge in [0.2, 0.25) is 0 Å². The molecule has 0 bridgehead atoms. The van der Waals surface area contributed by atoms with E-state index in [0.717, 1.165) is 26.9 Å². The summed E-state index contributed by atoms with van der Waals surface area (Å²) in [5.74, 6) is 0. The highest BCUT2D eigenvalue weighted by Gasteiger charge is 2.03. The smallest absolute Gasteiger partial charge is 0.160 e. The first-order chi connectivity index (χ1) is 5.81. The average Bonchev–Trinajstić information content (AvgIpc) is 2.49. The number of aromatic nitrogens is 2. The molecule has 0 atom stereocenters. The minimum absolute atomic E-state index is 0.725. The van der Waals surface area contributed by atoms with Crippen LogP contribution in [-0.4, -0.2) is 16.5 Å². The molecule has 3 nitrogen and oxygen atoms in total. The van der Waals surface area contributed by atoms with Crippen molar-refractivity contribution in [2.75, 3.05) is 0 Å². The summed E-state index contributed by atoms with van der Waals surface area (Å²) in [6.07, 6.45) is 2.52. The number of carbonyl (C=O) groups is 1. The van der Waals surface area contributed by atoms with E-state index in [1.807, 2.05) is 13.0 Å². The fraction of sp³-hybridized carbons (Fsp3) is 0.125. The van der Waals surface area contributed by atoms with E-state index in [0.29, 0.717) is 0 Å². The van der Waals surface area contributed by atoms with Gasteiger partial charge in [-0.1, -0.05) is 0 Å². The van der Waals surface area contributed by atoms with Crippen LogP contribution in [0.4, 0.5) is 0 Å². The molecule has 2 aromatic rings. The Kier molecular flexibility index (Phi) is 1.62. The van der Waals surface area contributed by atoms with E-state index in [4.69, 9.17) is 0 Å². The number of aldehydes is 1. The number of hydrogen-bond donors (Lipinski definition) is 0. The van der Waals surface area contributed by atoms with Crippen molar-refractivity contribution >= 4 is 27.7 Å². The second kappa shape index (κ2) is 2.64. The molecule has 0 radical (unpaired) electrons. The lowest BCUT2D eigenvalue weighted by atomic mass is 10.3. The topological polar surface area (TPSA) is 42.9 Å². The Bertz CT molecular complexity index is 436. The lowest BCUT2D eigenvalue weighted by molar-refractivity contribution is 0.112. The van der Waals surface area contributed by atoms with Crippen LogP contribution < -0.4 is 0 Å². The zero-order chi connectivity index (χ0) is 8.55. The standard InChI is InChI=1S/C8H6N2OS/c1-5-8-6(3-9-10-5)2-7(4-11)12-8/h2-4H,1H3. The SMILES string of the molecule is Cc1nncc2cc(C=O)sc12. The molecule has 2 aromatic heterocycles. The largest absolute Gasteiger partial charge is 0.297 e. The first-order valence-corrected chi connectivity index (χ1v) is 4.30. The van der Waals surface area contributed by atoms with Crippen LogP contribution in [0.3, 0.4) is 0 Å². The van der Waals surface area contributed by atoms with Gasteiger partial charge < -0.3 is 0 Å². The van der Waals surface area contributed by atoms with E-state index < -0.39 is 0 Å². The maximum atomic E-state index is 10.5. The van der Waals surface area contributed by atoms with E-state index in [1.165, 1.54) is 11.3 Å². The van der Waals surface area contributed by atoms with Crippen molar-refractivity contribution in [1.29, 1.82) is 0 Å². The minimum Gasteiger partial charge on any atom is -0.297 e. The Balaban J connectivity index is 2.82. The van der Waals surface area contributed by atoms with Gasteiger partial charge in [-0.05, 0) is 13.0 Å². The van der Waals surface area contributed by atoms with Gasteiger partial charge in [-0.15, -0.1) is 11.3 Å². The van der Waals surface area contributed by atoms with Crippen molar-refractivity contribution < 1.29 is 4.79 Å². The Morgan fingerprint density at radius 3 is 3.08 bits per heavy atom. The predicted molar refractivity (Wildman–Crippen MR) is 47.5 cm³/mol. The number of aryl methyl sites for hydroxylation is 1. The van der Waals surface area contributed by atoms with Crippen LogP contribution in [0, 0.1) is 6.92 Å². The van der Waals surface area contributed by atoms with Crippen molar-refractivity contribution in [3.05, 3.63) is 22.8 Å². The molecule has 0 amide bonds. The second-order valence-electron chi connectivity index (χ2n) is 2.48. The van der Waals surface area contributed by atoms with Gasteiger partial charge in [-0.25, -0.2) is 0 Å². The fourth-order valence-corrected chi connectivity index (χ4v) is 1.97. The zero-order valence-electron chi connectivity index (χ0n) is 6.44. The molecule has 0 aromatic carbocycles. The highest BCUT2D eigenvalue weighted by molar-refractivity contribution is 7.20. The van der Waals surface area contributed by atoms with E-state index in [2.05, 4.69) is 10.2 Å². The van der Waals surface area contributed by atoms with Crippen LogP contribution >= 0.6 is 11.3 Å². The normalized spacial score (nSPS) is 10.4. The van der Waals surface area contributed by atoms with Gasteiger partial charge in [0.15, 0.2) is 6.29 Å². The third-order valence-corrected chi connectivity index (χ3v) is 2.81. The van der Waals surface area contributed by atoms with Gasteiger partial charge in [0.1, 0.15) is 0 Å².